The summed E-state index contributed by atoms with van der Waals surface area (Å²) in [6.45, 7) is 0.483. The van der Waals surface area contributed by atoms with Crippen molar-refractivity contribution < 1.29 is 9.53 Å². The second-order valence-electron chi connectivity index (χ2n) is 2.57. The van der Waals surface area contributed by atoms with E-state index in [1.54, 1.807) is 0 Å². The molecule has 0 aromatic carbocycles. The Balaban J connectivity index is 2.01. The van der Waals surface area contributed by atoms with E-state index in [1.807, 2.05) is 0 Å². The van der Waals surface area contributed by atoms with Crippen LogP contribution >= 0.6 is 11.8 Å². The quantitative estimate of drug-likeness (QED) is 0.642. The van der Waals surface area contributed by atoms with Gasteiger partial charge in [0.15, 0.2) is 0 Å². The van der Waals surface area contributed by atoms with Gasteiger partial charge in [0.05, 0.1) is 6.61 Å². The van der Waals surface area contributed by atoms with Crippen molar-refractivity contribution in [2.45, 2.75) is 16.8 Å². The molecule has 1 atom stereocenters. The van der Waals surface area contributed by atoms with Crippen LogP contribution in [0.3, 0.4) is 0 Å². The SMILES string of the molecule is Nc1nc(S[C@@H]2CCOC2=O)n[nH]1. The summed E-state index contributed by atoms with van der Waals surface area (Å²) < 4.78 is 4.79. The maximum absolute atomic E-state index is 11.0. The van der Waals surface area contributed by atoms with Crippen molar-refractivity contribution in [3.05, 3.63) is 0 Å². The number of esters is 1. The summed E-state index contributed by atoms with van der Waals surface area (Å²) >= 11 is 1.27. The van der Waals surface area contributed by atoms with Crippen LogP contribution in [0.1, 0.15) is 6.42 Å². The van der Waals surface area contributed by atoms with E-state index in [2.05, 4.69) is 15.2 Å². The second kappa shape index (κ2) is 3.25. The van der Waals surface area contributed by atoms with Gasteiger partial charge in [0.1, 0.15) is 5.25 Å². The molecule has 0 saturated carbocycles. The molecule has 0 unspecified atom stereocenters. The van der Waals surface area contributed by atoms with Gasteiger partial charge < -0.3 is 10.5 Å². The minimum Gasteiger partial charge on any atom is -0.465 e. The number of cyclic esters (lactones) is 1. The van der Waals surface area contributed by atoms with Gasteiger partial charge in [-0.25, -0.2) is 5.10 Å². The van der Waals surface area contributed by atoms with Gasteiger partial charge in [-0.1, -0.05) is 11.8 Å². The van der Waals surface area contributed by atoms with E-state index < -0.39 is 0 Å². The lowest BCUT2D eigenvalue weighted by atomic mass is 10.4. The molecule has 0 bridgehead atoms. The first kappa shape index (κ1) is 8.36. The number of carbonyl (C=O) groups excluding carboxylic acids is 1. The summed E-state index contributed by atoms with van der Waals surface area (Å²) in [5, 5.41) is 6.61. The third kappa shape index (κ3) is 1.74. The molecule has 1 aromatic heterocycles. The molecule has 1 saturated heterocycles. The Kier molecular flexibility index (Phi) is 2.09. The predicted octanol–water partition coefficient (Wildman–Crippen LogP) is -0.206. The monoisotopic (exact) mass is 200 g/mol. The normalized spacial score (nSPS) is 21.8. The van der Waals surface area contributed by atoms with Crippen LogP contribution in [0, 0.1) is 0 Å². The second-order valence-corrected chi connectivity index (χ2v) is 3.74. The Hall–Kier alpha value is -1.24. The molecule has 1 aliphatic rings. The number of hydrogen-bond donors (Lipinski definition) is 2. The molecule has 0 spiro atoms. The minimum atomic E-state index is -0.201. The van der Waals surface area contributed by atoms with Crippen molar-refractivity contribution in [1.82, 2.24) is 15.2 Å². The van der Waals surface area contributed by atoms with Gasteiger partial charge >= 0.3 is 5.97 Å². The Morgan fingerprint density at radius 3 is 3.08 bits per heavy atom. The number of nitrogens with one attached hydrogen (secondary N) is 1. The van der Waals surface area contributed by atoms with E-state index >= 15 is 0 Å². The first-order chi connectivity index (χ1) is 6.25. The number of nitrogens with zero attached hydrogens (tertiary/aromatic N) is 2. The number of rotatable bonds is 2. The molecule has 7 heteroatoms. The first-order valence-electron chi connectivity index (χ1n) is 3.77. The summed E-state index contributed by atoms with van der Waals surface area (Å²) in [7, 11) is 0. The number of nitrogen functional groups attached to an aromatic ring is 1. The van der Waals surface area contributed by atoms with Crippen molar-refractivity contribution in [3.8, 4) is 0 Å². The molecule has 1 fully saturated rings. The van der Waals surface area contributed by atoms with Gasteiger partial charge in [-0.3, -0.25) is 4.79 Å². The van der Waals surface area contributed by atoms with E-state index in [-0.39, 0.29) is 17.2 Å². The topological polar surface area (TPSA) is 93.9 Å². The number of ether oxygens (including phenoxy) is 1. The lowest BCUT2D eigenvalue weighted by Gasteiger charge is -1.98. The molecule has 0 aliphatic carbocycles. The van der Waals surface area contributed by atoms with E-state index in [9.17, 15) is 4.79 Å². The van der Waals surface area contributed by atoms with Crippen LogP contribution in [-0.4, -0.2) is 33.0 Å². The molecule has 1 aliphatic heterocycles. The van der Waals surface area contributed by atoms with Crippen molar-refractivity contribution in [2.75, 3.05) is 12.3 Å². The van der Waals surface area contributed by atoms with Gasteiger partial charge in [0.25, 0.3) is 0 Å². The fourth-order valence-corrected chi connectivity index (χ4v) is 1.90. The van der Waals surface area contributed by atoms with Gasteiger partial charge in [0, 0.05) is 6.42 Å². The number of aromatic nitrogens is 3. The van der Waals surface area contributed by atoms with Gasteiger partial charge in [0.2, 0.25) is 11.1 Å². The van der Waals surface area contributed by atoms with Crippen molar-refractivity contribution in [2.24, 2.45) is 0 Å². The molecule has 3 N–H and O–H groups in total. The minimum absolute atomic E-state index is 0.185. The summed E-state index contributed by atoms with van der Waals surface area (Å²) in [4.78, 5) is 14.9. The molecule has 0 amide bonds. The standard InChI is InChI=1S/C6H8N4O2S/c7-5-8-6(10-9-5)13-3-1-2-12-4(3)11/h3H,1-2H2,(H3,7,8,9,10)/t3-/m1/s1. The molecule has 1 aromatic rings. The summed E-state index contributed by atoms with van der Waals surface area (Å²) in [5.41, 5.74) is 5.33. The molecular formula is C6H8N4O2S. The van der Waals surface area contributed by atoms with Crippen LogP contribution < -0.4 is 5.73 Å². The lowest BCUT2D eigenvalue weighted by Crippen LogP contribution is -2.09. The van der Waals surface area contributed by atoms with Crippen LogP contribution in [0.25, 0.3) is 0 Å². The number of carbonyl (C=O) groups is 1. The average Bonchev–Trinajstić information content (AvgIpc) is 2.64. The van der Waals surface area contributed by atoms with Crippen molar-refractivity contribution in [1.29, 1.82) is 0 Å². The number of hydrogen-bond acceptors (Lipinski definition) is 6. The average molecular weight is 200 g/mol. The third-order valence-electron chi connectivity index (χ3n) is 1.62. The zero-order valence-electron chi connectivity index (χ0n) is 6.69. The fraction of sp³-hybridized carbons (Fsp3) is 0.500. The number of H-pyrrole nitrogens is 1. The van der Waals surface area contributed by atoms with E-state index in [0.717, 1.165) is 0 Å². The number of anilines is 1. The maximum atomic E-state index is 11.0. The molecule has 6 nitrogen and oxygen atoms in total. The highest BCUT2D eigenvalue weighted by molar-refractivity contribution is 8.00. The van der Waals surface area contributed by atoms with Crippen LogP contribution in [0.2, 0.25) is 0 Å². The van der Waals surface area contributed by atoms with Crippen LogP contribution in [-0.2, 0) is 9.53 Å². The highest BCUT2D eigenvalue weighted by Gasteiger charge is 2.28. The zero-order chi connectivity index (χ0) is 9.26. The molecule has 2 heterocycles. The molecule has 13 heavy (non-hydrogen) atoms. The van der Waals surface area contributed by atoms with E-state index in [1.165, 1.54) is 11.8 Å². The Bertz CT molecular complexity index is 326. The van der Waals surface area contributed by atoms with E-state index in [4.69, 9.17) is 10.5 Å². The van der Waals surface area contributed by atoms with Crippen LogP contribution in [0.15, 0.2) is 5.16 Å². The highest BCUT2D eigenvalue weighted by Crippen LogP contribution is 2.26. The van der Waals surface area contributed by atoms with Gasteiger partial charge in [-0.2, -0.15) is 4.98 Å². The molecular weight excluding hydrogens is 192 g/mol. The van der Waals surface area contributed by atoms with Crippen LogP contribution in [0.5, 0.6) is 0 Å². The number of nitrogens with two attached hydrogens (primary N) is 1. The Labute approximate surface area is 78.2 Å². The Morgan fingerprint density at radius 1 is 1.69 bits per heavy atom. The number of thioether (sulfide) groups is 1. The zero-order valence-corrected chi connectivity index (χ0v) is 7.50. The Morgan fingerprint density at radius 2 is 2.54 bits per heavy atom. The number of aromatic amines is 1. The highest BCUT2D eigenvalue weighted by atomic mass is 32.2. The lowest BCUT2D eigenvalue weighted by molar-refractivity contribution is -0.137. The molecule has 0 radical (unpaired) electrons. The van der Waals surface area contributed by atoms with Crippen LogP contribution in [0.4, 0.5) is 5.95 Å². The van der Waals surface area contributed by atoms with Gasteiger partial charge in [-0.05, 0) is 0 Å². The van der Waals surface area contributed by atoms with Gasteiger partial charge in [-0.15, -0.1) is 5.10 Å². The maximum Gasteiger partial charge on any atom is 0.319 e. The summed E-state index contributed by atoms with van der Waals surface area (Å²) in [6, 6.07) is 0. The van der Waals surface area contributed by atoms with Crippen molar-refractivity contribution in [3.63, 3.8) is 0 Å². The summed E-state index contributed by atoms with van der Waals surface area (Å²) in [5.74, 6) is 0.0576. The summed E-state index contributed by atoms with van der Waals surface area (Å²) in [6.07, 6.45) is 0.706. The third-order valence-corrected chi connectivity index (χ3v) is 2.72. The smallest absolute Gasteiger partial charge is 0.319 e. The van der Waals surface area contributed by atoms with E-state index in [0.29, 0.717) is 18.2 Å². The first-order valence-corrected chi connectivity index (χ1v) is 4.65. The molecule has 2 rings (SSSR count). The molecule has 70 valence electrons. The van der Waals surface area contributed by atoms with Crippen molar-refractivity contribution >= 4 is 23.7 Å². The fourth-order valence-electron chi connectivity index (χ4n) is 1.02. The predicted molar refractivity (Wildman–Crippen MR) is 46.0 cm³/mol. The largest absolute Gasteiger partial charge is 0.465 e.